The number of rotatable bonds is 3. The van der Waals surface area contributed by atoms with Crippen molar-refractivity contribution in [2.24, 2.45) is 0 Å². The number of H-pyrrole nitrogens is 1. The van der Waals surface area contributed by atoms with Gasteiger partial charge in [0.05, 0.1) is 27.4 Å². The highest BCUT2D eigenvalue weighted by Gasteiger charge is 2.06. The lowest BCUT2D eigenvalue weighted by molar-refractivity contribution is 1.28. The molecule has 2 N–H and O–H groups in total. The third kappa shape index (κ3) is 2.21. The predicted octanol–water partition coefficient (Wildman–Crippen LogP) is 4.71. The summed E-state index contributed by atoms with van der Waals surface area (Å²) in [6.45, 7) is 2.00. The van der Waals surface area contributed by atoms with Crippen LogP contribution in [0.1, 0.15) is 5.01 Å². The minimum atomic E-state index is 0.743. The van der Waals surface area contributed by atoms with Crippen molar-refractivity contribution in [3.8, 4) is 0 Å². The maximum absolute atomic E-state index is 6.09. The quantitative estimate of drug-likeness (QED) is 0.688. The molecule has 3 aromatic rings. The zero-order chi connectivity index (χ0) is 12.5. The van der Waals surface area contributed by atoms with Gasteiger partial charge in [-0.25, -0.2) is 4.98 Å². The van der Waals surface area contributed by atoms with Crippen molar-refractivity contribution in [2.45, 2.75) is 11.1 Å². The maximum atomic E-state index is 6.09. The van der Waals surface area contributed by atoms with Crippen LogP contribution in [-0.4, -0.2) is 9.97 Å². The van der Waals surface area contributed by atoms with Crippen LogP contribution in [0.25, 0.3) is 10.9 Å². The molecular formula is C12H10ClN3S2. The summed E-state index contributed by atoms with van der Waals surface area (Å²) in [5.41, 5.74) is 2.05. The number of thiazole rings is 1. The van der Waals surface area contributed by atoms with Crippen LogP contribution >= 0.6 is 34.9 Å². The standard InChI is InChI=1S/C12H10ClN3S2/c1-7-14-6-11(17-7)18-16-10-4-2-3-8-9(13)5-15-12(8)10/h2-6,15-16H,1H3. The number of hydrogen-bond acceptors (Lipinski definition) is 4. The lowest BCUT2D eigenvalue weighted by atomic mass is 10.2. The van der Waals surface area contributed by atoms with Crippen LogP contribution in [0.2, 0.25) is 5.02 Å². The summed E-state index contributed by atoms with van der Waals surface area (Å²) in [6.07, 6.45) is 3.68. The summed E-state index contributed by atoms with van der Waals surface area (Å²) in [4.78, 5) is 7.40. The van der Waals surface area contributed by atoms with E-state index in [2.05, 4.69) is 14.7 Å². The zero-order valence-corrected chi connectivity index (χ0v) is 11.9. The van der Waals surface area contributed by atoms with Gasteiger partial charge in [-0.2, -0.15) is 0 Å². The Morgan fingerprint density at radius 2 is 2.33 bits per heavy atom. The van der Waals surface area contributed by atoms with Crippen LogP contribution in [0, 0.1) is 6.92 Å². The molecule has 0 aliphatic heterocycles. The molecule has 0 spiro atoms. The van der Waals surface area contributed by atoms with E-state index in [0.29, 0.717) is 0 Å². The second-order valence-electron chi connectivity index (χ2n) is 3.77. The number of hydrogen-bond donors (Lipinski definition) is 2. The molecule has 0 bridgehead atoms. The fourth-order valence-corrected chi connectivity index (χ4v) is 3.55. The van der Waals surface area contributed by atoms with Crippen molar-refractivity contribution in [3.63, 3.8) is 0 Å². The monoisotopic (exact) mass is 295 g/mol. The summed E-state index contributed by atoms with van der Waals surface area (Å²) < 4.78 is 4.47. The van der Waals surface area contributed by atoms with Gasteiger partial charge in [-0.05, 0) is 24.9 Å². The van der Waals surface area contributed by atoms with Crippen molar-refractivity contribution in [1.82, 2.24) is 9.97 Å². The third-order valence-electron chi connectivity index (χ3n) is 2.53. The van der Waals surface area contributed by atoms with Gasteiger partial charge < -0.3 is 9.71 Å². The van der Waals surface area contributed by atoms with Gasteiger partial charge in [0.1, 0.15) is 4.21 Å². The van der Waals surface area contributed by atoms with Gasteiger partial charge in [0.25, 0.3) is 0 Å². The van der Waals surface area contributed by atoms with E-state index in [1.54, 1.807) is 29.5 Å². The molecule has 0 unspecified atom stereocenters. The van der Waals surface area contributed by atoms with Crippen molar-refractivity contribution in [2.75, 3.05) is 4.72 Å². The van der Waals surface area contributed by atoms with Crippen molar-refractivity contribution in [1.29, 1.82) is 0 Å². The predicted molar refractivity (Wildman–Crippen MR) is 79.6 cm³/mol. The Bertz CT molecular complexity index is 690. The lowest BCUT2D eigenvalue weighted by Gasteiger charge is -2.04. The van der Waals surface area contributed by atoms with E-state index in [1.807, 2.05) is 31.3 Å². The zero-order valence-electron chi connectivity index (χ0n) is 9.53. The molecule has 0 aliphatic rings. The molecule has 6 heteroatoms. The number of benzene rings is 1. The number of aromatic nitrogens is 2. The van der Waals surface area contributed by atoms with Crippen LogP contribution in [0.5, 0.6) is 0 Å². The molecule has 2 heterocycles. The molecule has 2 aromatic heterocycles. The normalized spacial score (nSPS) is 11.0. The Hall–Kier alpha value is -1.17. The highest BCUT2D eigenvalue weighted by atomic mass is 35.5. The average Bonchev–Trinajstić information content (AvgIpc) is 2.94. The van der Waals surface area contributed by atoms with Crippen molar-refractivity contribution >= 4 is 51.5 Å². The summed E-state index contributed by atoms with van der Waals surface area (Å²) in [5.74, 6) is 0. The maximum Gasteiger partial charge on any atom is 0.101 e. The lowest BCUT2D eigenvalue weighted by Crippen LogP contribution is -1.86. The van der Waals surface area contributed by atoms with Crippen LogP contribution in [0.15, 0.2) is 34.8 Å². The molecule has 18 heavy (non-hydrogen) atoms. The number of aryl methyl sites for hydroxylation is 1. The first-order valence-corrected chi connectivity index (χ1v) is 7.36. The molecule has 1 aromatic carbocycles. The van der Waals surface area contributed by atoms with Gasteiger partial charge in [0, 0.05) is 11.6 Å². The number of para-hydroxylation sites is 1. The number of nitrogens with zero attached hydrogens (tertiary/aromatic N) is 1. The number of nitrogens with one attached hydrogen (secondary N) is 2. The Balaban J connectivity index is 1.86. The Kier molecular flexibility index (Phi) is 3.20. The van der Waals surface area contributed by atoms with E-state index in [0.717, 1.165) is 30.8 Å². The number of fused-ring (bicyclic) bond motifs is 1. The smallest absolute Gasteiger partial charge is 0.101 e. The van der Waals surface area contributed by atoms with E-state index in [4.69, 9.17) is 11.6 Å². The minimum absolute atomic E-state index is 0.743. The first-order chi connectivity index (χ1) is 8.74. The molecule has 0 radical (unpaired) electrons. The largest absolute Gasteiger partial charge is 0.358 e. The third-order valence-corrected chi connectivity index (χ3v) is 4.68. The molecule has 0 aliphatic carbocycles. The molecule has 3 nitrogen and oxygen atoms in total. The van der Waals surface area contributed by atoms with Gasteiger partial charge in [-0.15, -0.1) is 11.3 Å². The van der Waals surface area contributed by atoms with E-state index in [1.165, 1.54) is 0 Å². The second kappa shape index (κ2) is 4.84. The second-order valence-corrected chi connectivity index (χ2v) is 6.52. The fourth-order valence-electron chi connectivity index (χ4n) is 1.70. The number of aromatic amines is 1. The Morgan fingerprint density at radius 1 is 1.44 bits per heavy atom. The van der Waals surface area contributed by atoms with E-state index in [-0.39, 0.29) is 0 Å². The summed E-state index contributed by atoms with van der Waals surface area (Å²) in [7, 11) is 0. The van der Waals surface area contributed by atoms with E-state index >= 15 is 0 Å². The van der Waals surface area contributed by atoms with Crippen molar-refractivity contribution in [3.05, 3.63) is 40.6 Å². The van der Waals surface area contributed by atoms with Crippen LogP contribution < -0.4 is 4.72 Å². The van der Waals surface area contributed by atoms with Gasteiger partial charge in [-0.1, -0.05) is 23.7 Å². The number of halogens is 1. The average molecular weight is 296 g/mol. The molecular weight excluding hydrogens is 286 g/mol. The molecule has 0 amide bonds. The molecule has 0 saturated heterocycles. The van der Waals surface area contributed by atoms with Crippen LogP contribution in [0.3, 0.4) is 0 Å². The van der Waals surface area contributed by atoms with Gasteiger partial charge >= 0.3 is 0 Å². The first-order valence-electron chi connectivity index (χ1n) is 5.35. The van der Waals surface area contributed by atoms with Crippen LogP contribution in [0.4, 0.5) is 5.69 Å². The minimum Gasteiger partial charge on any atom is -0.358 e. The molecule has 0 atom stereocenters. The van der Waals surface area contributed by atoms with E-state index < -0.39 is 0 Å². The summed E-state index contributed by atoms with van der Waals surface area (Å²) >= 11 is 9.32. The highest BCUT2D eigenvalue weighted by Crippen LogP contribution is 2.32. The van der Waals surface area contributed by atoms with E-state index in [9.17, 15) is 0 Å². The van der Waals surface area contributed by atoms with Crippen molar-refractivity contribution < 1.29 is 0 Å². The molecule has 92 valence electrons. The first kappa shape index (κ1) is 11.9. The summed E-state index contributed by atoms with van der Waals surface area (Å²) in [5, 5.41) is 2.84. The Morgan fingerprint density at radius 3 is 3.11 bits per heavy atom. The van der Waals surface area contributed by atoms with Gasteiger partial charge in [0.15, 0.2) is 0 Å². The van der Waals surface area contributed by atoms with Gasteiger partial charge in [-0.3, -0.25) is 0 Å². The SMILES string of the molecule is Cc1ncc(SNc2cccc3c(Cl)c[nH]c23)s1. The summed E-state index contributed by atoms with van der Waals surface area (Å²) in [6, 6.07) is 6.01. The van der Waals surface area contributed by atoms with Crippen LogP contribution in [-0.2, 0) is 0 Å². The van der Waals surface area contributed by atoms with Gasteiger partial charge in [0.2, 0.25) is 0 Å². The number of anilines is 1. The molecule has 3 rings (SSSR count). The topological polar surface area (TPSA) is 40.7 Å². The Labute approximate surface area is 118 Å². The highest BCUT2D eigenvalue weighted by molar-refractivity contribution is 8.02. The fraction of sp³-hybridized carbons (Fsp3) is 0.0833. The molecule has 0 fully saturated rings. The molecule has 0 saturated carbocycles.